The maximum atomic E-state index is 11.8. The molecule has 0 bridgehead atoms. The number of hydrogen-bond donors (Lipinski definition) is 1. The highest BCUT2D eigenvalue weighted by Gasteiger charge is 2.33. The molecule has 1 aliphatic rings. The summed E-state index contributed by atoms with van der Waals surface area (Å²) in [5.74, 6) is -0.963. The van der Waals surface area contributed by atoms with Crippen molar-refractivity contribution >= 4 is 23.2 Å². The quantitative estimate of drug-likeness (QED) is 0.596. The summed E-state index contributed by atoms with van der Waals surface area (Å²) in [6.45, 7) is 0. The van der Waals surface area contributed by atoms with Crippen LogP contribution in [-0.4, -0.2) is 11.6 Å². The Morgan fingerprint density at radius 3 is 2.25 bits per heavy atom. The molecule has 2 rings (SSSR count). The Balaban J connectivity index is 2.72. The van der Waals surface area contributed by atoms with Crippen molar-refractivity contribution in [1.29, 1.82) is 5.53 Å². The molecule has 1 aromatic carbocycles. The number of benzene rings is 1. The topological polar surface area (TPSA) is 84.4 Å². The number of rotatable bonds is 1. The van der Waals surface area contributed by atoms with E-state index in [-0.39, 0.29) is 21.9 Å². The van der Waals surface area contributed by atoms with Crippen LogP contribution < -0.4 is 4.91 Å². The van der Waals surface area contributed by atoms with Gasteiger partial charge in [-0.3, -0.25) is 9.59 Å². The number of ketones is 2. The molecule has 0 heterocycles. The molecule has 0 aliphatic heterocycles. The van der Waals surface area contributed by atoms with Crippen LogP contribution in [0.1, 0.15) is 20.7 Å². The van der Waals surface area contributed by atoms with Crippen molar-refractivity contribution in [2.75, 3.05) is 0 Å². The molecule has 0 saturated carbocycles. The van der Waals surface area contributed by atoms with Gasteiger partial charge in [0, 0.05) is 11.1 Å². The molecular formula is C10H5ClN3O2+. The van der Waals surface area contributed by atoms with E-state index in [1.807, 2.05) is 0 Å². The number of Topliss-reactive ketones (excluding diaryl/α,β-unsaturated/α-hetero) is 2. The van der Waals surface area contributed by atoms with E-state index >= 15 is 0 Å². The number of halogens is 1. The minimum atomic E-state index is -0.490. The van der Waals surface area contributed by atoms with Gasteiger partial charge in [-0.05, 0) is 0 Å². The molecule has 0 unspecified atom stereocenters. The number of hydrogen-bond acceptors (Lipinski definition) is 4. The highest BCUT2D eigenvalue weighted by Crippen LogP contribution is 2.28. The van der Waals surface area contributed by atoms with Gasteiger partial charge in [-0.1, -0.05) is 35.9 Å². The van der Waals surface area contributed by atoms with Crippen molar-refractivity contribution in [2.24, 2.45) is 5.11 Å². The molecule has 78 valence electrons. The van der Waals surface area contributed by atoms with E-state index in [1.165, 1.54) is 12.1 Å². The van der Waals surface area contributed by atoms with E-state index in [0.29, 0.717) is 0 Å². The lowest BCUT2D eigenvalue weighted by Crippen LogP contribution is -2.18. The van der Waals surface area contributed by atoms with Gasteiger partial charge in [-0.25, -0.2) is 0 Å². The summed E-state index contributed by atoms with van der Waals surface area (Å²) < 4.78 is 0. The lowest BCUT2D eigenvalue weighted by Gasteiger charge is -2.11. The molecule has 0 fully saturated rings. The fourth-order valence-electron chi connectivity index (χ4n) is 1.47. The lowest BCUT2D eigenvalue weighted by atomic mass is 9.93. The number of carbonyl (C=O) groups excluding carboxylic acids is 2. The van der Waals surface area contributed by atoms with Crippen LogP contribution in [0.5, 0.6) is 0 Å². The zero-order valence-electron chi connectivity index (χ0n) is 7.90. The molecule has 0 aromatic heterocycles. The molecule has 1 N–H and O–H groups in total. The molecule has 1 aromatic rings. The van der Waals surface area contributed by atoms with Crippen LogP contribution in [0.15, 0.2) is 40.1 Å². The van der Waals surface area contributed by atoms with E-state index in [0.717, 1.165) is 0 Å². The van der Waals surface area contributed by atoms with E-state index in [2.05, 4.69) is 10.0 Å². The van der Waals surface area contributed by atoms with Crippen LogP contribution in [0.2, 0.25) is 0 Å². The Hall–Kier alpha value is -2.10. The van der Waals surface area contributed by atoms with Crippen molar-refractivity contribution < 1.29 is 9.59 Å². The van der Waals surface area contributed by atoms with Crippen molar-refractivity contribution in [3.63, 3.8) is 0 Å². The third kappa shape index (κ3) is 1.39. The Kier molecular flexibility index (Phi) is 2.48. The minimum Gasteiger partial charge on any atom is -0.287 e. The summed E-state index contributed by atoms with van der Waals surface area (Å²) in [5, 5.41) is 2.97. The molecule has 16 heavy (non-hydrogen) atoms. The van der Waals surface area contributed by atoms with Crippen LogP contribution in [0, 0.1) is 5.53 Å². The second kappa shape index (κ2) is 3.81. The largest absolute Gasteiger partial charge is 0.287 e. The zero-order valence-corrected chi connectivity index (χ0v) is 8.65. The average molecular weight is 235 g/mol. The summed E-state index contributed by atoms with van der Waals surface area (Å²) in [7, 11) is 0. The maximum absolute atomic E-state index is 11.8. The normalized spacial score (nSPS) is 14.6. The fourth-order valence-corrected chi connectivity index (χ4v) is 1.70. The number of nitrogens with one attached hydrogen (secondary N) is 1. The summed E-state index contributed by atoms with van der Waals surface area (Å²) in [4.78, 5) is 26.3. The van der Waals surface area contributed by atoms with Crippen LogP contribution in [0.25, 0.3) is 0 Å². The Morgan fingerprint density at radius 1 is 1.12 bits per heavy atom. The molecule has 0 radical (unpaired) electrons. The molecule has 0 spiro atoms. The first-order valence-corrected chi connectivity index (χ1v) is 4.70. The highest BCUT2D eigenvalue weighted by molar-refractivity contribution is 6.49. The third-order valence-corrected chi connectivity index (χ3v) is 2.54. The predicted molar refractivity (Wildman–Crippen MR) is 55.3 cm³/mol. The van der Waals surface area contributed by atoms with E-state index < -0.39 is 11.6 Å². The van der Waals surface area contributed by atoms with Gasteiger partial charge in [0.1, 0.15) is 10.6 Å². The Bertz CT molecular complexity index is 585. The van der Waals surface area contributed by atoms with Gasteiger partial charge in [-0.15, -0.1) is 0 Å². The average Bonchev–Trinajstić information content (AvgIpc) is 2.32. The minimum absolute atomic E-state index is 0.235. The molecule has 0 amide bonds. The SMILES string of the molecule is N=[N+]=NC1=C(Cl)C(=O)c2ccccc2C1=O. The summed E-state index contributed by atoms with van der Waals surface area (Å²) in [6, 6.07) is 6.31. The van der Waals surface area contributed by atoms with E-state index in [4.69, 9.17) is 17.1 Å². The van der Waals surface area contributed by atoms with E-state index in [1.54, 1.807) is 12.1 Å². The van der Waals surface area contributed by atoms with Gasteiger partial charge < -0.3 is 0 Å². The van der Waals surface area contributed by atoms with Crippen molar-refractivity contribution in [3.05, 3.63) is 46.1 Å². The number of allylic oxidation sites excluding steroid dienone is 2. The second-order valence-electron chi connectivity index (χ2n) is 3.07. The highest BCUT2D eigenvalue weighted by atomic mass is 35.5. The zero-order chi connectivity index (χ0) is 11.7. The molecule has 5 nitrogen and oxygen atoms in total. The van der Waals surface area contributed by atoms with Gasteiger partial charge in [0.2, 0.25) is 22.2 Å². The molecule has 1 aliphatic carbocycles. The molecule has 6 heteroatoms. The molecular weight excluding hydrogens is 230 g/mol. The Morgan fingerprint density at radius 2 is 1.69 bits per heavy atom. The van der Waals surface area contributed by atoms with Crippen molar-refractivity contribution in [3.8, 4) is 0 Å². The smallest absolute Gasteiger partial charge is 0.222 e. The number of nitrogens with zero attached hydrogens (tertiary/aromatic N) is 2. The van der Waals surface area contributed by atoms with Crippen LogP contribution in [0.3, 0.4) is 0 Å². The fraction of sp³-hybridized carbons (Fsp3) is 0. The van der Waals surface area contributed by atoms with Crippen LogP contribution >= 0.6 is 11.6 Å². The van der Waals surface area contributed by atoms with Gasteiger partial charge in [-0.2, -0.15) is 0 Å². The first-order valence-electron chi connectivity index (χ1n) is 4.32. The van der Waals surface area contributed by atoms with Gasteiger partial charge in [0.15, 0.2) is 5.11 Å². The number of carbonyl (C=O) groups is 2. The first kappa shape index (κ1) is 10.4. The molecule has 0 saturated heterocycles. The maximum Gasteiger partial charge on any atom is 0.222 e. The summed E-state index contributed by atoms with van der Waals surface area (Å²) in [6.07, 6.45) is 0. The second-order valence-corrected chi connectivity index (χ2v) is 3.44. The van der Waals surface area contributed by atoms with Gasteiger partial charge in [0.25, 0.3) is 0 Å². The lowest BCUT2D eigenvalue weighted by molar-refractivity contribution is 0.0979. The van der Waals surface area contributed by atoms with Crippen molar-refractivity contribution in [1.82, 2.24) is 4.91 Å². The van der Waals surface area contributed by atoms with Crippen molar-refractivity contribution in [2.45, 2.75) is 0 Å². The predicted octanol–water partition coefficient (Wildman–Crippen LogP) is 2.07. The van der Waals surface area contributed by atoms with Crippen LogP contribution in [0.4, 0.5) is 0 Å². The first-order chi connectivity index (χ1) is 7.66. The molecule has 0 atom stereocenters. The standard InChI is InChI=1S/C10H5ClN3O2/c11-7-8(13-14-12)10(16)6-4-2-1-3-5(6)9(7)15/h1-4,12H/q+1. The summed E-state index contributed by atoms with van der Waals surface area (Å²) >= 11 is 5.71. The van der Waals surface area contributed by atoms with Gasteiger partial charge >= 0.3 is 0 Å². The van der Waals surface area contributed by atoms with Gasteiger partial charge in [0.05, 0.1) is 0 Å². The third-order valence-electron chi connectivity index (χ3n) is 2.19. The Labute approximate surface area is 95.0 Å². The number of fused-ring (bicyclic) bond motifs is 1. The monoisotopic (exact) mass is 234 g/mol. The van der Waals surface area contributed by atoms with Crippen LogP contribution in [-0.2, 0) is 0 Å². The summed E-state index contributed by atoms with van der Waals surface area (Å²) in [5.41, 5.74) is 6.78. The van der Waals surface area contributed by atoms with E-state index in [9.17, 15) is 9.59 Å².